The van der Waals surface area contributed by atoms with E-state index in [4.69, 9.17) is 21.7 Å². The summed E-state index contributed by atoms with van der Waals surface area (Å²) in [6, 6.07) is 9.66. The highest BCUT2D eigenvalue weighted by atomic mass is 32.2. The molecule has 0 bridgehead atoms. The predicted octanol–water partition coefficient (Wildman–Crippen LogP) is 3.91. The highest BCUT2D eigenvalue weighted by Gasteiger charge is 2.32. The van der Waals surface area contributed by atoms with Gasteiger partial charge >= 0.3 is 0 Å². The SMILES string of the molecule is CCCn1c(NCc2ccc(OC)cc2)c(/C=C2/SC(=S)N(CCOC)C2=O)c(C)c(C#N)c1=O. The number of hydrogen-bond acceptors (Lipinski definition) is 8. The molecule has 1 aromatic heterocycles. The lowest BCUT2D eigenvalue weighted by molar-refractivity contribution is -0.122. The molecule has 0 atom stereocenters. The van der Waals surface area contributed by atoms with Crippen LogP contribution in [0, 0.1) is 18.3 Å². The molecular formula is C25H28N4O4S2. The molecule has 0 spiro atoms. The number of pyridine rings is 1. The minimum atomic E-state index is -0.353. The quantitative estimate of drug-likeness (QED) is 0.378. The molecule has 1 N–H and O–H groups in total. The Hall–Kier alpha value is -3.13. The topological polar surface area (TPSA) is 96.6 Å². The summed E-state index contributed by atoms with van der Waals surface area (Å²) in [7, 11) is 3.18. The molecule has 1 aliphatic heterocycles. The van der Waals surface area contributed by atoms with E-state index in [0.29, 0.717) is 58.8 Å². The number of benzene rings is 1. The fraction of sp³-hybridized carbons (Fsp3) is 0.360. The Morgan fingerprint density at radius 1 is 1.20 bits per heavy atom. The first-order valence-corrected chi connectivity index (χ1v) is 12.4. The van der Waals surface area contributed by atoms with Crippen LogP contribution in [0.15, 0.2) is 34.0 Å². The molecule has 1 aliphatic rings. The maximum absolute atomic E-state index is 13.2. The molecule has 0 saturated carbocycles. The Morgan fingerprint density at radius 2 is 1.91 bits per heavy atom. The zero-order valence-corrected chi connectivity index (χ0v) is 21.8. The molecule has 1 saturated heterocycles. The Labute approximate surface area is 214 Å². The smallest absolute Gasteiger partial charge is 0.270 e. The number of ether oxygens (including phenoxy) is 2. The monoisotopic (exact) mass is 512 g/mol. The van der Waals surface area contributed by atoms with Crippen LogP contribution in [-0.4, -0.2) is 47.1 Å². The lowest BCUT2D eigenvalue weighted by Crippen LogP contribution is -2.31. The number of carbonyl (C=O) groups excluding carboxylic acids is 1. The molecule has 8 nitrogen and oxygen atoms in total. The summed E-state index contributed by atoms with van der Waals surface area (Å²) < 4.78 is 12.3. The molecule has 2 aromatic rings. The molecule has 35 heavy (non-hydrogen) atoms. The summed E-state index contributed by atoms with van der Waals surface area (Å²) >= 11 is 6.60. The highest BCUT2D eigenvalue weighted by molar-refractivity contribution is 8.26. The first-order chi connectivity index (χ1) is 16.9. The van der Waals surface area contributed by atoms with Crippen LogP contribution in [0.25, 0.3) is 6.08 Å². The molecule has 1 amide bonds. The molecular weight excluding hydrogens is 484 g/mol. The third-order valence-electron chi connectivity index (χ3n) is 5.61. The van der Waals surface area contributed by atoms with E-state index < -0.39 is 0 Å². The van der Waals surface area contributed by atoms with Crippen molar-refractivity contribution in [2.45, 2.75) is 33.4 Å². The first-order valence-electron chi connectivity index (χ1n) is 11.1. The lowest BCUT2D eigenvalue weighted by Gasteiger charge is -2.20. The van der Waals surface area contributed by atoms with E-state index in [9.17, 15) is 14.9 Å². The van der Waals surface area contributed by atoms with Crippen LogP contribution in [0.3, 0.4) is 0 Å². The Balaban J connectivity index is 2.09. The van der Waals surface area contributed by atoms with Crippen LogP contribution in [0.1, 0.15) is 35.6 Å². The minimum absolute atomic E-state index is 0.0644. The molecule has 0 aliphatic carbocycles. The standard InChI is InChI=1S/C25H28N4O4S2/c1-5-10-28-22(27-15-17-6-8-18(33-4)9-7-17)19(16(2)20(14-26)23(28)30)13-21-24(31)29(11-12-32-3)25(34)35-21/h6-9,13,27H,5,10-12,15H2,1-4H3/b21-13+. The van der Waals surface area contributed by atoms with Gasteiger partial charge in [-0.05, 0) is 42.7 Å². The number of aromatic nitrogens is 1. The number of methoxy groups -OCH3 is 2. The van der Waals surface area contributed by atoms with Crippen LogP contribution in [0.4, 0.5) is 5.82 Å². The number of nitriles is 1. The third kappa shape index (κ3) is 5.75. The number of rotatable bonds is 10. The molecule has 2 heterocycles. The van der Waals surface area contributed by atoms with E-state index >= 15 is 0 Å². The second-order valence-corrected chi connectivity index (χ2v) is 9.53. The zero-order chi connectivity index (χ0) is 25.5. The van der Waals surface area contributed by atoms with Crippen molar-refractivity contribution >= 4 is 46.1 Å². The van der Waals surface area contributed by atoms with Crippen LogP contribution in [-0.2, 0) is 22.6 Å². The average molecular weight is 513 g/mol. The maximum atomic E-state index is 13.2. The summed E-state index contributed by atoms with van der Waals surface area (Å²) in [5.41, 5.74) is 1.84. The normalized spacial score (nSPS) is 14.5. The van der Waals surface area contributed by atoms with Gasteiger partial charge in [0.25, 0.3) is 11.5 Å². The third-order valence-corrected chi connectivity index (χ3v) is 6.99. The highest BCUT2D eigenvalue weighted by Crippen LogP contribution is 2.35. The number of hydrogen-bond donors (Lipinski definition) is 1. The van der Waals surface area contributed by atoms with Crippen molar-refractivity contribution in [2.75, 3.05) is 32.7 Å². The van der Waals surface area contributed by atoms with Gasteiger partial charge in [0.15, 0.2) is 0 Å². The van der Waals surface area contributed by atoms with E-state index in [0.717, 1.165) is 11.3 Å². The van der Waals surface area contributed by atoms with Crippen molar-refractivity contribution in [2.24, 2.45) is 0 Å². The molecule has 0 unspecified atom stereocenters. The molecule has 1 aromatic carbocycles. The lowest BCUT2D eigenvalue weighted by atomic mass is 10.0. The number of anilines is 1. The van der Waals surface area contributed by atoms with Crippen molar-refractivity contribution < 1.29 is 14.3 Å². The van der Waals surface area contributed by atoms with Gasteiger partial charge in [0, 0.05) is 25.8 Å². The predicted molar refractivity (Wildman–Crippen MR) is 143 cm³/mol. The number of carbonyl (C=O) groups is 1. The van der Waals surface area contributed by atoms with Gasteiger partial charge in [0.1, 0.15) is 27.5 Å². The number of amides is 1. The number of thiocarbonyl (C=S) groups is 1. The van der Waals surface area contributed by atoms with Gasteiger partial charge in [0.2, 0.25) is 0 Å². The Morgan fingerprint density at radius 3 is 2.51 bits per heavy atom. The Kier molecular flexibility index (Phi) is 9.09. The van der Waals surface area contributed by atoms with Gasteiger partial charge in [-0.3, -0.25) is 19.1 Å². The number of nitrogens with zero attached hydrogens (tertiary/aromatic N) is 3. The van der Waals surface area contributed by atoms with Gasteiger partial charge in [0.05, 0.1) is 25.2 Å². The first kappa shape index (κ1) is 26.5. The maximum Gasteiger partial charge on any atom is 0.270 e. The Bertz CT molecular complexity index is 1250. The van der Waals surface area contributed by atoms with Crippen LogP contribution < -0.4 is 15.6 Å². The van der Waals surface area contributed by atoms with Crippen LogP contribution in [0.2, 0.25) is 0 Å². The summed E-state index contributed by atoms with van der Waals surface area (Å²) in [4.78, 5) is 28.1. The minimum Gasteiger partial charge on any atom is -0.497 e. The molecule has 3 rings (SSSR count). The van der Waals surface area contributed by atoms with Crippen molar-refractivity contribution in [3.05, 3.63) is 61.8 Å². The van der Waals surface area contributed by atoms with Gasteiger partial charge in [-0.2, -0.15) is 5.26 Å². The molecule has 1 fully saturated rings. The van der Waals surface area contributed by atoms with Gasteiger partial charge in [-0.25, -0.2) is 0 Å². The number of thioether (sulfide) groups is 1. The second kappa shape index (κ2) is 12.0. The molecule has 0 radical (unpaired) electrons. The van der Waals surface area contributed by atoms with E-state index in [-0.39, 0.29) is 17.0 Å². The zero-order valence-electron chi connectivity index (χ0n) is 20.2. The van der Waals surface area contributed by atoms with Crippen molar-refractivity contribution in [1.29, 1.82) is 5.26 Å². The molecule has 10 heteroatoms. The second-order valence-electron chi connectivity index (χ2n) is 7.86. The van der Waals surface area contributed by atoms with E-state index in [1.807, 2.05) is 37.3 Å². The van der Waals surface area contributed by atoms with E-state index in [1.54, 1.807) is 31.8 Å². The largest absolute Gasteiger partial charge is 0.497 e. The van der Waals surface area contributed by atoms with Crippen LogP contribution >= 0.6 is 24.0 Å². The van der Waals surface area contributed by atoms with Gasteiger partial charge in [-0.15, -0.1) is 0 Å². The van der Waals surface area contributed by atoms with Crippen molar-refractivity contribution in [3.8, 4) is 11.8 Å². The van der Waals surface area contributed by atoms with Crippen molar-refractivity contribution in [3.63, 3.8) is 0 Å². The summed E-state index contributed by atoms with van der Waals surface area (Å²) in [6.45, 7) is 5.28. The summed E-state index contributed by atoms with van der Waals surface area (Å²) in [5, 5.41) is 13.1. The average Bonchev–Trinajstić information content (AvgIpc) is 3.12. The van der Waals surface area contributed by atoms with E-state index in [2.05, 4.69) is 5.32 Å². The van der Waals surface area contributed by atoms with Gasteiger partial charge < -0.3 is 14.8 Å². The molecule has 184 valence electrons. The van der Waals surface area contributed by atoms with Gasteiger partial charge in [-0.1, -0.05) is 43.0 Å². The number of nitrogens with one attached hydrogen (secondary N) is 1. The fourth-order valence-electron chi connectivity index (χ4n) is 3.73. The fourth-order valence-corrected chi connectivity index (χ4v) is 5.02. The summed E-state index contributed by atoms with van der Waals surface area (Å²) in [6.07, 6.45) is 2.42. The van der Waals surface area contributed by atoms with Crippen molar-refractivity contribution in [1.82, 2.24) is 9.47 Å². The summed E-state index contributed by atoms with van der Waals surface area (Å²) in [5.74, 6) is 1.10. The van der Waals surface area contributed by atoms with Crippen LogP contribution in [0.5, 0.6) is 5.75 Å². The van der Waals surface area contributed by atoms with E-state index in [1.165, 1.54) is 16.7 Å².